The Hall–Kier alpha value is -2.66. The van der Waals surface area contributed by atoms with E-state index in [9.17, 15) is 9.18 Å². The van der Waals surface area contributed by atoms with Gasteiger partial charge in [0, 0.05) is 11.8 Å². The highest BCUT2D eigenvalue weighted by Gasteiger charge is 2.15. The van der Waals surface area contributed by atoms with E-state index in [0.717, 1.165) is 5.56 Å². The van der Waals surface area contributed by atoms with Crippen molar-refractivity contribution in [3.05, 3.63) is 71.3 Å². The fourth-order valence-corrected chi connectivity index (χ4v) is 2.48. The molecule has 116 valence electrons. The molecule has 0 aliphatic carbocycles. The van der Waals surface area contributed by atoms with E-state index in [1.165, 1.54) is 22.9 Å². The minimum Gasteiger partial charge on any atom is -0.481 e. The Morgan fingerprint density at radius 1 is 1.22 bits per heavy atom. The molecule has 1 heterocycles. The molecule has 0 atom stereocenters. The van der Waals surface area contributed by atoms with Crippen molar-refractivity contribution in [3.8, 4) is 16.8 Å². The summed E-state index contributed by atoms with van der Waals surface area (Å²) < 4.78 is 14.8. The SMILES string of the molecule is O=C(O)Cc1nn(-c2ccc(F)c(Cl)c2)cc1-c1ccccc1. The first-order chi connectivity index (χ1) is 11.0. The maximum absolute atomic E-state index is 13.3. The minimum absolute atomic E-state index is 0.0148. The predicted molar refractivity (Wildman–Crippen MR) is 85.3 cm³/mol. The summed E-state index contributed by atoms with van der Waals surface area (Å²) in [6.07, 6.45) is 1.52. The smallest absolute Gasteiger partial charge is 0.309 e. The molecular weight excluding hydrogens is 319 g/mol. The van der Waals surface area contributed by atoms with Gasteiger partial charge in [-0.2, -0.15) is 5.10 Å². The molecule has 0 saturated carbocycles. The van der Waals surface area contributed by atoms with Crippen molar-refractivity contribution < 1.29 is 14.3 Å². The molecule has 1 N–H and O–H groups in total. The molecule has 0 bridgehead atoms. The largest absolute Gasteiger partial charge is 0.481 e. The molecule has 0 amide bonds. The van der Waals surface area contributed by atoms with Crippen LogP contribution < -0.4 is 0 Å². The average Bonchev–Trinajstić information content (AvgIpc) is 2.94. The zero-order valence-electron chi connectivity index (χ0n) is 11.9. The van der Waals surface area contributed by atoms with Crippen molar-refractivity contribution in [2.45, 2.75) is 6.42 Å². The summed E-state index contributed by atoms with van der Waals surface area (Å²) in [6, 6.07) is 13.6. The van der Waals surface area contributed by atoms with Gasteiger partial charge in [-0.15, -0.1) is 0 Å². The summed E-state index contributed by atoms with van der Waals surface area (Å²) >= 11 is 5.80. The fraction of sp³-hybridized carbons (Fsp3) is 0.0588. The van der Waals surface area contributed by atoms with Crippen LogP contribution in [0.5, 0.6) is 0 Å². The molecule has 6 heteroatoms. The quantitative estimate of drug-likeness (QED) is 0.787. The average molecular weight is 331 g/mol. The van der Waals surface area contributed by atoms with Gasteiger partial charge in [0.1, 0.15) is 5.82 Å². The Balaban J connectivity index is 2.10. The molecule has 0 aliphatic rings. The maximum atomic E-state index is 13.3. The van der Waals surface area contributed by atoms with Crippen LogP contribution in [-0.4, -0.2) is 20.9 Å². The normalized spacial score (nSPS) is 10.7. The third kappa shape index (κ3) is 3.24. The fourth-order valence-electron chi connectivity index (χ4n) is 2.30. The lowest BCUT2D eigenvalue weighted by molar-refractivity contribution is -0.136. The Bertz CT molecular complexity index is 862. The molecule has 23 heavy (non-hydrogen) atoms. The molecule has 3 rings (SSSR count). The van der Waals surface area contributed by atoms with E-state index in [-0.39, 0.29) is 11.4 Å². The molecule has 0 aliphatic heterocycles. The first-order valence-electron chi connectivity index (χ1n) is 6.86. The van der Waals surface area contributed by atoms with E-state index < -0.39 is 11.8 Å². The number of benzene rings is 2. The van der Waals surface area contributed by atoms with E-state index in [1.807, 2.05) is 30.3 Å². The first kappa shape index (κ1) is 15.2. The van der Waals surface area contributed by atoms with Crippen LogP contribution in [0, 0.1) is 5.82 Å². The number of aliphatic carboxylic acids is 1. The summed E-state index contributed by atoms with van der Waals surface area (Å²) in [5.74, 6) is -1.49. The van der Waals surface area contributed by atoms with Gasteiger partial charge in [-0.1, -0.05) is 41.9 Å². The summed E-state index contributed by atoms with van der Waals surface area (Å²) in [5.41, 5.74) is 2.58. The van der Waals surface area contributed by atoms with Crippen LogP contribution in [0.3, 0.4) is 0 Å². The van der Waals surface area contributed by atoms with E-state index in [2.05, 4.69) is 5.10 Å². The van der Waals surface area contributed by atoms with Gasteiger partial charge in [0.25, 0.3) is 0 Å². The highest BCUT2D eigenvalue weighted by Crippen LogP contribution is 2.26. The highest BCUT2D eigenvalue weighted by molar-refractivity contribution is 6.30. The number of carbonyl (C=O) groups is 1. The Morgan fingerprint density at radius 2 is 1.96 bits per heavy atom. The zero-order chi connectivity index (χ0) is 16.4. The molecular formula is C17H12ClFN2O2. The van der Waals surface area contributed by atoms with E-state index >= 15 is 0 Å². The van der Waals surface area contributed by atoms with Crippen LogP contribution in [-0.2, 0) is 11.2 Å². The van der Waals surface area contributed by atoms with E-state index in [4.69, 9.17) is 16.7 Å². The number of carboxylic acid groups (broad SMARTS) is 1. The Labute approximate surface area is 136 Å². The van der Waals surface area contributed by atoms with Gasteiger partial charge in [-0.25, -0.2) is 9.07 Å². The summed E-state index contributed by atoms with van der Waals surface area (Å²) in [6.45, 7) is 0. The Kier molecular flexibility index (Phi) is 4.12. The van der Waals surface area contributed by atoms with Crippen molar-refractivity contribution >= 4 is 17.6 Å². The van der Waals surface area contributed by atoms with Gasteiger partial charge >= 0.3 is 5.97 Å². The van der Waals surface area contributed by atoms with Crippen LogP contribution in [0.4, 0.5) is 4.39 Å². The lowest BCUT2D eigenvalue weighted by atomic mass is 10.1. The topological polar surface area (TPSA) is 55.1 Å². The third-order valence-corrected chi connectivity index (χ3v) is 3.65. The van der Waals surface area contributed by atoms with Gasteiger partial charge in [-0.3, -0.25) is 4.79 Å². The van der Waals surface area contributed by atoms with Crippen LogP contribution >= 0.6 is 11.6 Å². The molecule has 1 aromatic heterocycles. The van der Waals surface area contributed by atoms with Crippen LogP contribution in [0.1, 0.15) is 5.69 Å². The zero-order valence-corrected chi connectivity index (χ0v) is 12.7. The predicted octanol–water partition coefficient (Wildman–Crippen LogP) is 3.96. The van der Waals surface area contributed by atoms with Crippen molar-refractivity contribution in [2.24, 2.45) is 0 Å². The molecule has 0 radical (unpaired) electrons. The van der Waals surface area contributed by atoms with E-state index in [1.54, 1.807) is 6.20 Å². The van der Waals surface area contributed by atoms with Crippen LogP contribution in [0.25, 0.3) is 16.8 Å². The molecule has 0 spiro atoms. The standard InChI is InChI=1S/C17H12ClFN2O2/c18-14-8-12(6-7-15(14)19)21-10-13(11-4-2-1-3-5-11)16(20-21)9-17(22)23/h1-8,10H,9H2,(H,22,23). The van der Waals surface area contributed by atoms with Crippen LogP contribution in [0.15, 0.2) is 54.7 Å². The minimum atomic E-state index is -0.968. The van der Waals surface area contributed by atoms with Crippen molar-refractivity contribution in [1.29, 1.82) is 0 Å². The highest BCUT2D eigenvalue weighted by atomic mass is 35.5. The summed E-state index contributed by atoms with van der Waals surface area (Å²) in [7, 11) is 0. The maximum Gasteiger partial charge on any atom is 0.309 e. The second-order valence-electron chi connectivity index (χ2n) is 4.97. The number of rotatable bonds is 4. The monoisotopic (exact) mass is 330 g/mol. The van der Waals surface area contributed by atoms with Gasteiger partial charge in [-0.05, 0) is 23.8 Å². The molecule has 3 aromatic rings. The number of carboxylic acids is 1. The lowest BCUT2D eigenvalue weighted by Crippen LogP contribution is -2.03. The lowest BCUT2D eigenvalue weighted by Gasteiger charge is -2.02. The summed E-state index contributed by atoms with van der Waals surface area (Å²) in [4.78, 5) is 11.1. The number of halogens is 2. The molecule has 0 saturated heterocycles. The van der Waals surface area contributed by atoms with Crippen molar-refractivity contribution in [1.82, 2.24) is 9.78 Å². The van der Waals surface area contributed by atoms with Crippen molar-refractivity contribution in [2.75, 3.05) is 0 Å². The number of aromatic nitrogens is 2. The second kappa shape index (κ2) is 6.22. The second-order valence-corrected chi connectivity index (χ2v) is 5.38. The number of nitrogens with zero attached hydrogens (tertiary/aromatic N) is 2. The first-order valence-corrected chi connectivity index (χ1v) is 7.23. The number of hydrogen-bond donors (Lipinski definition) is 1. The molecule has 2 aromatic carbocycles. The van der Waals surface area contributed by atoms with E-state index in [0.29, 0.717) is 16.9 Å². The summed E-state index contributed by atoms with van der Waals surface area (Å²) in [5, 5.41) is 13.4. The van der Waals surface area contributed by atoms with Gasteiger partial charge in [0.15, 0.2) is 0 Å². The molecule has 0 fully saturated rings. The number of hydrogen-bond acceptors (Lipinski definition) is 2. The van der Waals surface area contributed by atoms with Gasteiger partial charge in [0.2, 0.25) is 0 Å². The van der Waals surface area contributed by atoms with Gasteiger partial charge < -0.3 is 5.11 Å². The third-order valence-electron chi connectivity index (χ3n) is 3.36. The van der Waals surface area contributed by atoms with Gasteiger partial charge in [0.05, 0.1) is 22.8 Å². The van der Waals surface area contributed by atoms with Crippen LogP contribution in [0.2, 0.25) is 5.02 Å². The van der Waals surface area contributed by atoms with Crippen molar-refractivity contribution in [3.63, 3.8) is 0 Å². The molecule has 0 unspecified atom stereocenters. The molecule has 4 nitrogen and oxygen atoms in total. The Morgan fingerprint density at radius 3 is 2.61 bits per heavy atom.